The lowest BCUT2D eigenvalue weighted by molar-refractivity contribution is -0.384. The van der Waals surface area contributed by atoms with Crippen molar-refractivity contribution in [3.8, 4) is 5.75 Å². The standard InChI is InChI=1S/C12H12N4O5/c1-21-10-6-7(16(19)20)2-3-8(10)13-12(18)9-4-5-11(17)15-14-9/h2-3,6H,4-5H2,1H3,(H,13,18)(H,15,17). The number of hydrazone groups is 1. The van der Waals surface area contributed by atoms with Crippen molar-refractivity contribution in [1.82, 2.24) is 5.43 Å². The van der Waals surface area contributed by atoms with E-state index in [0.29, 0.717) is 0 Å². The molecule has 1 aliphatic rings. The van der Waals surface area contributed by atoms with Crippen molar-refractivity contribution in [2.24, 2.45) is 5.10 Å². The van der Waals surface area contributed by atoms with Crippen molar-refractivity contribution in [1.29, 1.82) is 0 Å². The van der Waals surface area contributed by atoms with E-state index in [0.717, 1.165) is 0 Å². The maximum Gasteiger partial charge on any atom is 0.273 e. The Kier molecular flexibility index (Phi) is 4.12. The summed E-state index contributed by atoms with van der Waals surface area (Å²) in [6.45, 7) is 0. The average molecular weight is 292 g/mol. The molecular formula is C12H12N4O5. The zero-order valence-corrected chi connectivity index (χ0v) is 11.1. The van der Waals surface area contributed by atoms with Gasteiger partial charge in [0.15, 0.2) is 0 Å². The number of carbonyl (C=O) groups excluding carboxylic acids is 2. The monoisotopic (exact) mass is 292 g/mol. The molecule has 0 radical (unpaired) electrons. The van der Waals surface area contributed by atoms with E-state index in [2.05, 4.69) is 15.8 Å². The van der Waals surface area contributed by atoms with Gasteiger partial charge in [0, 0.05) is 18.9 Å². The quantitative estimate of drug-likeness (QED) is 0.627. The predicted octanol–water partition coefficient (Wildman–Crippen LogP) is 0.808. The second-order valence-corrected chi connectivity index (χ2v) is 4.19. The topological polar surface area (TPSA) is 123 Å². The molecule has 1 aromatic carbocycles. The molecule has 9 nitrogen and oxygen atoms in total. The summed E-state index contributed by atoms with van der Waals surface area (Å²) in [7, 11) is 1.34. The van der Waals surface area contributed by atoms with Crippen molar-refractivity contribution in [2.75, 3.05) is 12.4 Å². The van der Waals surface area contributed by atoms with Gasteiger partial charge in [0.25, 0.3) is 11.6 Å². The summed E-state index contributed by atoms with van der Waals surface area (Å²) in [5.41, 5.74) is 2.53. The third-order valence-corrected chi connectivity index (χ3v) is 2.81. The van der Waals surface area contributed by atoms with Crippen molar-refractivity contribution in [3.63, 3.8) is 0 Å². The van der Waals surface area contributed by atoms with Gasteiger partial charge in [0.1, 0.15) is 11.5 Å². The molecule has 0 aromatic heterocycles. The normalized spacial score (nSPS) is 14.0. The van der Waals surface area contributed by atoms with Gasteiger partial charge in [-0.05, 0) is 6.07 Å². The molecule has 2 amide bonds. The fourth-order valence-electron chi connectivity index (χ4n) is 1.73. The van der Waals surface area contributed by atoms with Gasteiger partial charge in [-0.1, -0.05) is 0 Å². The van der Waals surface area contributed by atoms with Gasteiger partial charge in [0.05, 0.1) is 23.8 Å². The fourth-order valence-corrected chi connectivity index (χ4v) is 1.73. The molecule has 9 heteroatoms. The highest BCUT2D eigenvalue weighted by Crippen LogP contribution is 2.29. The minimum atomic E-state index is -0.561. The number of nitrogens with zero attached hydrogens (tertiary/aromatic N) is 2. The molecule has 1 aliphatic heterocycles. The Bertz CT molecular complexity index is 641. The number of hydrogen-bond donors (Lipinski definition) is 2. The fraction of sp³-hybridized carbons (Fsp3) is 0.250. The number of ether oxygens (including phenoxy) is 1. The zero-order chi connectivity index (χ0) is 15.4. The molecule has 2 rings (SSSR count). The van der Waals surface area contributed by atoms with E-state index >= 15 is 0 Å². The summed E-state index contributed by atoms with van der Waals surface area (Å²) in [5, 5.41) is 16.9. The van der Waals surface area contributed by atoms with Crippen LogP contribution in [-0.2, 0) is 9.59 Å². The molecular weight excluding hydrogens is 280 g/mol. The van der Waals surface area contributed by atoms with E-state index in [-0.39, 0.29) is 41.6 Å². The molecule has 21 heavy (non-hydrogen) atoms. The van der Waals surface area contributed by atoms with Crippen LogP contribution < -0.4 is 15.5 Å². The van der Waals surface area contributed by atoms with Gasteiger partial charge in [-0.25, -0.2) is 5.43 Å². The van der Waals surface area contributed by atoms with Crippen LogP contribution in [-0.4, -0.2) is 29.6 Å². The first-order chi connectivity index (χ1) is 10.0. The molecule has 0 unspecified atom stereocenters. The number of amides is 2. The lowest BCUT2D eigenvalue weighted by Crippen LogP contribution is -2.32. The van der Waals surface area contributed by atoms with Crippen molar-refractivity contribution >= 4 is 28.9 Å². The number of nitro benzene ring substituents is 1. The Labute approximate surface area is 119 Å². The summed E-state index contributed by atoms with van der Waals surface area (Å²) in [6.07, 6.45) is 0.413. The summed E-state index contributed by atoms with van der Waals surface area (Å²) >= 11 is 0. The molecule has 0 bridgehead atoms. The molecule has 0 atom stereocenters. The molecule has 0 aliphatic carbocycles. The Balaban J connectivity index is 2.17. The Morgan fingerprint density at radius 3 is 2.81 bits per heavy atom. The molecule has 0 fully saturated rings. The van der Waals surface area contributed by atoms with Crippen LogP contribution in [0.25, 0.3) is 0 Å². The molecule has 0 saturated carbocycles. The summed E-state index contributed by atoms with van der Waals surface area (Å²) in [4.78, 5) is 33.1. The molecule has 1 heterocycles. The molecule has 110 valence electrons. The van der Waals surface area contributed by atoms with Crippen LogP contribution in [0.4, 0.5) is 11.4 Å². The number of benzene rings is 1. The highest BCUT2D eigenvalue weighted by molar-refractivity contribution is 6.43. The number of nitrogens with one attached hydrogen (secondary N) is 2. The third-order valence-electron chi connectivity index (χ3n) is 2.81. The van der Waals surface area contributed by atoms with Gasteiger partial charge >= 0.3 is 0 Å². The highest BCUT2D eigenvalue weighted by atomic mass is 16.6. The Morgan fingerprint density at radius 1 is 1.48 bits per heavy atom. The zero-order valence-electron chi connectivity index (χ0n) is 11.1. The number of nitro groups is 1. The first-order valence-electron chi connectivity index (χ1n) is 6.00. The maximum atomic E-state index is 12.0. The second kappa shape index (κ2) is 5.99. The molecule has 0 saturated heterocycles. The predicted molar refractivity (Wildman–Crippen MR) is 73.1 cm³/mol. The minimum absolute atomic E-state index is 0.146. The Hall–Kier alpha value is -2.97. The largest absolute Gasteiger partial charge is 0.494 e. The van der Waals surface area contributed by atoms with Gasteiger partial charge in [-0.3, -0.25) is 19.7 Å². The van der Waals surface area contributed by atoms with Gasteiger partial charge in [0.2, 0.25) is 5.91 Å². The van der Waals surface area contributed by atoms with Crippen LogP contribution in [0.5, 0.6) is 5.75 Å². The Morgan fingerprint density at radius 2 is 2.24 bits per heavy atom. The van der Waals surface area contributed by atoms with Gasteiger partial charge in [-0.2, -0.15) is 5.10 Å². The van der Waals surface area contributed by atoms with E-state index < -0.39 is 10.8 Å². The average Bonchev–Trinajstić information content (AvgIpc) is 2.48. The first-order valence-corrected chi connectivity index (χ1v) is 6.00. The van der Waals surface area contributed by atoms with Crippen molar-refractivity contribution < 1.29 is 19.2 Å². The number of non-ortho nitro benzene ring substituents is 1. The minimum Gasteiger partial charge on any atom is -0.494 e. The number of anilines is 1. The van der Waals surface area contributed by atoms with Crippen molar-refractivity contribution in [2.45, 2.75) is 12.8 Å². The number of methoxy groups -OCH3 is 1. The first kappa shape index (κ1) is 14.4. The summed E-state index contributed by atoms with van der Waals surface area (Å²) in [6, 6.07) is 3.83. The van der Waals surface area contributed by atoms with Gasteiger partial charge in [-0.15, -0.1) is 0 Å². The second-order valence-electron chi connectivity index (χ2n) is 4.19. The number of carbonyl (C=O) groups is 2. The molecule has 1 aromatic rings. The molecule has 2 N–H and O–H groups in total. The van der Waals surface area contributed by atoms with Crippen LogP contribution >= 0.6 is 0 Å². The van der Waals surface area contributed by atoms with E-state index in [1.165, 1.54) is 25.3 Å². The van der Waals surface area contributed by atoms with Crippen LogP contribution in [0.1, 0.15) is 12.8 Å². The van der Waals surface area contributed by atoms with Crippen LogP contribution in [0.3, 0.4) is 0 Å². The third kappa shape index (κ3) is 3.32. The van der Waals surface area contributed by atoms with E-state index in [9.17, 15) is 19.7 Å². The summed E-state index contributed by atoms with van der Waals surface area (Å²) in [5.74, 6) is -0.584. The smallest absolute Gasteiger partial charge is 0.273 e. The van der Waals surface area contributed by atoms with E-state index in [1.54, 1.807) is 0 Å². The number of rotatable bonds is 4. The van der Waals surface area contributed by atoms with E-state index in [4.69, 9.17) is 4.74 Å². The lowest BCUT2D eigenvalue weighted by Gasteiger charge is -2.13. The number of hydrogen-bond acceptors (Lipinski definition) is 6. The molecule has 0 spiro atoms. The van der Waals surface area contributed by atoms with E-state index in [1.807, 2.05) is 0 Å². The van der Waals surface area contributed by atoms with Crippen LogP contribution in [0.2, 0.25) is 0 Å². The maximum absolute atomic E-state index is 12.0. The van der Waals surface area contributed by atoms with Gasteiger partial charge < -0.3 is 10.1 Å². The SMILES string of the molecule is COc1cc([N+](=O)[O-])ccc1NC(=O)C1=NNC(=O)CC1. The van der Waals surface area contributed by atoms with Crippen molar-refractivity contribution in [3.05, 3.63) is 28.3 Å². The summed E-state index contributed by atoms with van der Waals surface area (Å²) < 4.78 is 5.01. The van der Waals surface area contributed by atoms with Crippen LogP contribution in [0.15, 0.2) is 23.3 Å². The highest BCUT2D eigenvalue weighted by Gasteiger charge is 2.20. The van der Waals surface area contributed by atoms with Crippen LogP contribution in [0, 0.1) is 10.1 Å². The lowest BCUT2D eigenvalue weighted by atomic mass is 10.1.